The van der Waals surface area contributed by atoms with Gasteiger partial charge in [0.2, 0.25) is 0 Å². The van der Waals surface area contributed by atoms with Gasteiger partial charge >= 0.3 is 0 Å². The first-order valence-corrected chi connectivity index (χ1v) is 7.53. The van der Waals surface area contributed by atoms with E-state index in [9.17, 15) is 0 Å². The lowest BCUT2D eigenvalue weighted by Crippen LogP contribution is -2.36. The predicted molar refractivity (Wildman–Crippen MR) is 85.8 cm³/mol. The first-order valence-electron chi connectivity index (χ1n) is 7.53. The average molecular weight is 261 g/mol. The number of hydrogen-bond acceptors (Lipinski definition) is 1. The number of benzene rings is 1. The third-order valence-corrected chi connectivity index (χ3v) is 3.37. The monoisotopic (exact) mass is 261 g/mol. The zero-order valence-electron chi connectivity index (χ0n) is 13.6. The van der Waals surface area contributed by atoms with E-state index in [4.69, 9.17) is 0 Å². The van der Waals surface area contributed by atoms with Crippen LogP contribution in [0.4, 0.5) is 0 Å². The number of rotatable bonds is 5. The van der Waals surface area contributed by atoms with Gasteiger partial charge in [-0.3, -0.25) is 0 Å². The highest BCUT2D eigenvalue weighted by atomic mass is 14.9. The minimum atomic E-state index is 0.244. The van der Waals surface area contributed by atoms with Gasteiger partial charge in [0.05, 0.1) is 0 Å². The highest BCUT2D eigenvalue weighted by Gasteiger charge is 2.12. The van der Waals surface area contributed by atoms with E-state index in [2.05, 4.69) is 71.1 Å². The summed E-state index contributed by atoms with van der Waals surface area (Å²) in [6.07, 6.45) is 3.70. The van der Waals surface area contributed by atoms with Gasteiger partial charge in [0, 0.05) is 5.54 Å². The van der Waals surface area contributed by atoms with Crippen LogP contribution in [0.5, 0.6) is 0 Å². The summed E-state index contributed by atoms with van der Waals surface area (Å²) >= 11 is 0. The Morgan fingerprint density at radius 2 is 1.42 bits per heavy atom. The van der Waals surface area contributed by atoms with Crippen molar-refractivity contribution in [2.45, 2.75) is 71.8 Å². The van der Waals surface area contributed by atoms with E-state index >= 15 is 0 Å². The molecule has 1 N–H and O–H groups in total. The second-order valence-electron chi connectivity index (χ2n) is 7.58. The van der Waals surface area contributed by atoms with Gasteiger partial charge < -0.3 is 5.32 Å². The Hall–Kier alpha value is -0.820. The maximum absolute atomic E-state index is 3.54. The summed E-state index contributed by atoms with van der Waals surface area (Å²) < 4.78 is 0. The molecule has 1 nitrogen and oxygen atoms in total. The van der Waals surface area contributed by atoms with Crippen LogP contribution in [0, 0.1) is 0 Å². The molecule has 19 heavy (non-hydrogen) atoms. The molecule has 0 amide bonds. The normalized spacial score (nSPS) is 12.7. The van der Waals surface area contributed by atoms with E-state index in [-0.39, 0.29) is 11.0 Å². The van der Waals surface area contributed by atoms with Gasteiger partial charge in [0.1, 0.15) is 0 Å². The van der Waals surface area contributed by atoms with Crippen LogP contribution in [0.1, 0.15) is 65.5 Å². The van der Waals surface area contributed by atoms with Gasteiger partial charge in [-0.1, -0.05) is 45.0 Å². The summed E-state index contributed by atoms with van der Waals surface area (Å²) in [6.45, 7) is 14.6. The number of unbranched alkanes of at least 4 members (excludes halogenated alkanes) is 1. The fraction of sp³-hybridized carbons (Fsp3) is 0.667. The Labute approximate surface area is 119 Å². The zero-order chi connectivity index (χ0) is 14.5. The molecule has 0 unspecified atom stereocenters. The first-order chi connectivity index (χ1) is 8.68. The largest absolute Gasteiger partial charge is 0.312 e. The van der Waals surface area contributed by atoms with E-state index in [0.717, 1.165) is 6.54 Å². The summed E-state index contributed by atoms with van der Waals surface area (Å²) in [5.41, 5.74) is 3.39. The SMILES string of the molecule is CC(C)(C)NCCCCc1ccc(C(C)(C)C)cc1. The lowest BCUT2D eigenvalue weighted by Gasteiger charge is -2.20. The quantitative estimate of drug-likeness (QED) is 0.758. The third kappa shape index (κ3) is 6.77. The van der Waals surface area contributed by atoms with Gasteiger partial charge in [-0.25, -0.2) is 0 Å². The van der Waals surface area contributed by atoms with Crippen molar-refractivity contribution in [1.82, 2.24) is 5.32 Å². The van der Waals surface area contributed by atoms with Gasteiger partial charge in [-0.05, 0) is 63.1 Å². The molecule has 0 heterocycles. The summed E-state index contributed by atoms with van der Waals surface area (Å²) in [4.78, 5) is 0. The molecule has 0 spiro atoms. The maximum Gasteiger partial charge on any atom is 0.00965 e. The standard InChI is InChI=1S/C18H31N/c1-17(2,3)16-12-10-15(11-13-16)9-7-8-14-19-18(4,5)6/h10-13,19H,7-9,14H2,1-6H3. The minimum absolute atomic E-state index is 0.244. The summed E-state index contributed by atoms with van der Waals surface area (Å²) in [7, 11) is 0. The van der Waals surface area contributed by atoms with Gasteiger partial charge in [-0.2, -0.15) is 0 Å². The van der Waals surface area contributed by atoms with Crippen molar-refractivity contribution < 1.29 is 0 Å². The molecule has 1 aromatic carbocycles. The molecule has 0 bridgehead atoms. The van der Waals surface area contributed by atoms with Crippen LogP contribution < -0.4 is 5.32 Å². The van der Waals surface area contributed by atoms with Crippen LogP contribution in [0.25, 0.3) is 0 Å². The van der Waals surface area contributed by atoms with Gasteiger partial charge in [-0.15, -0.1) is 0 Å². The molecule has 0 atom stereocenters. The minimum Gasteiger partial charge on any atom is -0.312 e. The van der Waals surface area contributed by atoms with Crippen molar-refractivity contribution in [3.8, 4) is 0 Å². The smallest absolute Gasteiger partial charge is 0.00965 e. The van der Waals surface area contributed by atoms with E-state index < -0.39 is 0 Å². The Morgan fingerprint density at radius 1 is 0.842 bits per heavy atom. The van der Waals surface area contributed by atoms with Crippen LogP contribution in [0.15, 0.2) is 24.3 Å². The van der Waals surface area contributed by atoms with E-state index in [1.807, 2.05) is 0 Å². The molecule has 0 saturated heterocycles. The van der Waals surface area contributed by atoms with Crippen LogP contribution in [0.3, 0.4) is 0 Å². The topological polar surface area (TPSA) is 12.0 Å². The van der Waals surface area contributed by atoms with Crippen molar-refractivity contribution in [2.75, 3.05) is 6.54 Å². The zero-order valence-corrected chi connectivity index (χ0v) is 13.6. The van der Waals surface area contributed by atoms with Crippen LogP contribution in [0.2, 0.25) is 0 Å². The fourth-order valence-electron chi connectivity index (χ4n) is 2.09. The average Bonchev–Trinajstić information content (AvgIpc) is 2.26. The molecule has 108 valence electrons. The molecule has 0 saturated carbocycles. The molecular formula is C18H31N. The molecule has 1 aromatic rings. The highest BCUT2D eigenvalue weighted by molar-refractivity contribution is 5.27. The molecule has 0 aliphatic rings. The van der Waals surface area contributed by atoms with Crippen molar-refractivity contribution in [1.29, 1.82) is 0 Å². The molecule has 1 heteroatoms. The lowest BCUT2D eigenvalue weighted by molar-refractivity contribution is 0.419. The second kappa shape index (κ2) is 6.56. The maximum atomic E-state index is 3.54. The molecule has 0 aliphatic carbocycles. The molecular weight excluding hydrogens is 230 g/mol. The molecule has 0 radical (unpaired) electrons. The lowest BCUT2D eigenvalue weighted by atomic mass is 9.86. The Morgan fingerprint density at radius 3 is 1.89 bits per heavy atom. The molecule has 0 fully saturated rings. The first kappa shape index (κ1) is 16.2. The summed E-state index contributed by atoms with van der Waals surface area (Å²) in [5.74, 6) is 0. The van der Waals surface area contributed by atoms with Gasteiger partial charge in [0.25, 0.3) is 0 Å². The van der Waals surface area contributed by atoms with Crippen LogP contribution in [-0.4, -0.2) is 12.1 Å². The number of nitrogens with one attached hydrogen (secondary N) is 1. The summed E-state index contributed by atoms with van der Waals surface area (Å²) in [6, 6.07) is 9.14. The van der Waals surface area contributed by atoms with E-state index in [0.29, 0.717) is 0 Å². The van der Waals surface area contributed by atoms with Crippen molar-refractivity contribution in [2.24, 2.45) is 0 Å². The Kier molecular flexibility index (Phi) is 5.61. The predicted octanol–water partition coefficient (Wildman–Crippen LogP) is 4.69. The van der Waals surface area contributed by atoms with E-state index in [1.165, 1.54) is 30.4 Å². The highest BCUT2D eigenvalue weighted by Crippen LogP contribution is 2.22. The van der Waals surface area contributed by atoms with E-state index in [1.54, 1.807) is 0 Å². The van der Waals surface area contributed by atoms with Gasteiger partial charge in [0.15, 0.2) is 0 Å². The second-order valence-corrected chi connectivity index (χ2v) is 7.58. The number of aryl methyl sites for hydroxylation is 1. The summed E-state index contributed by atoms with van der Waals surface area (Å²) in [5, 5.41) is 3.54. The molecule has 0 aliphatic heterocycles. The fourth-order valence-corrected chi connectivity index (χ4v) is 2.09. The van der Waals surface area contributed by atoms with Crippen molar-refractivity contribution in [3.63, 3.8) is 0 Å². The van der Waals surface area contributed by atoms with Crippen LogP contribution in [-0.2, 0) is 11.8 Å². The Bertz CT molecular complexity index is 362. The molecule has 0 aromatic heterocycles. The Balaban J connectivity index is 2.31. The number of hydrogen-bond donors (Lipinski definition) is 1. The van der Waals surface area contributed by atoms with Crippen molar-refractivity contribution in [3.05, 3.63) is 35.4 Å². The molecule has 1 rings (SSSR count). The van der Waals surface area contributed by atoms with Crippen molar-refractivity contribution >= 4 is 0 Å². The third-order valence-electron chi connectivity index (χ3n) is 3.37. The van der Waals surface area contributed by atoms with Crippen LogP contribution >= 0.6 is 0 Å².